The molecule has 2 aromatic carbocycles. The van der Waals surface area contributed by atoms with Crippen molar-refractivity contribution in [1.82, 2.24) is 9.97 Å². The molecule has 8 heteroatoms. The van der Waals surface area contributed by atoms with Crippen LogP contribution in [0.3, 0.4) is 0 Å². The Kier molecular flexibility index (Phi) is 5.91. The van der Waals surface area contributed by atoms with Crippen molar-refractivity contribution in [2.45, 2.75) is 6.54 Å². The maximum atomic E-state index is 11.1. The van der Waals surface area contributed by atoms with Crippen LogP contribution in [0.1, 0.15) is 15.9 Å². The number of benzene rings is 2. The van der Waals surface area contributed by atoms with Crippen molar-refractivity contribution in [1.29, 1.82) is 0 Å². The number of hydrogen-bond donors (Lipinski definition) is 3. The van der Waals surface area contributed by atoms with E-state index in [1.165, 1.54) is 6.07 Å². The van der Waals surface area contributed by atoms with Crippen LogP contribution in [-0.4, -0.2) is 35.3 Å². The molecule has 8 nitrogen and oxygen atoms in total. The highest BCUT2D eigenvalue weighted by Crippen LogP contribution is 2.27. The number of nitrogens with one attached hydrogen (secondary N) is 2. The summed E-state index contributed by atoms with van der Waals surface area (Å²) >= 11 is 0. The molecule has 28 heavy (non-hydrogen) atoms. The van der Waals surface area contributed by atoms with E-state index in [4.69, 9.17) is 14.6 Å². The van der Waals surface area contributed by atoms with Gasteiger partial charge in [0.15, 0.2) is 11.5 Å². The Labute approximate surface area is 162 Å². The van der Waals surface area contributed by atoms with Gasteiger partial charge in [0.1, 0.15) is 5.82 Å². The topological polar surface area (TPSA) is 106 Å². The second kappa shape index (κ2) is 8.72. The van der Waals surface area contributed by atoms with Crippen molar-refractivity contribution in [3.63, 3.8) is 0 Å². The molecule has 0 radical (unpaired) electrons. The summed E-state index contributed by atoms with van der Waals surface area (Å²) in [6.07, 6.45) is 1.62. The fraction of sp³-hybridized carbons (Fsp3) is 0.150. The largest absolute Gasteiger partial charge is 0.493 e. The van der Waals surface area contributed by atoms with Crippen LogP contribution in [0.5, 0.6) is 11.5 Å². The first-order valence-electron chi connectivity index (χ1n) is 8.47. The smallest absolute Gasteiger partial charge is 0.335 e. The number of carboxylic acid groups (broad SMARTS) is 1. The van der Waals surface area contributed by atoms with Crippen LogP contribution in [0.4, 0.5) is 17.5 Å². The third-order valence-corrected chi connectivity index (χ3v) is 3.94. The van der Waals surface area contributed by atoms with E-state index in [9.17, 15) is 4.79 Å². The van der Waals surface area contributed by atoms with Gasteiger partial charge in [-0.1, -0.05) is 12.1 Å². The van der Waals surface area contributed by atoms with E-state index in [-0.39, 0.29) is 5.56 Å². The number of hydrogen-bond acceptors (Lipinski definition) is 7. The van der Waals surface area contributed by atoms with Gasteiger partial charge in [0, 0.05) is 18.4 Å². The van der Waals surface area contributed by atoms with Gasteiger partial charge in [0.2, 0.25) is 5.95 Å². The standard InChI is InChI=1S/C20H20N4O4/c1-27-16-7-6-13(10-17(16)28-2)12-22-20-21-9-8-18(24-20)23-15-5-3-4-14(11-15)19(25)26/h3-11H,12H2,1-2H3,(H,25,26)(H2,21,22,23,24). The molecular formula is C20H20N4O4. The molecule has 0 spiro atoms. The highest BCUT2D eigenvalue weighted by Gasteiger charge is 2.07. The van der Waals surface area contributed by atoms with Crippen molar-refractivity contribution < 1.29 is 19.4 Å². The molecule has 0 saturated heterocycles. The Morgan fingerprint density at radius 2 is 1.89 bits per heavy atom. The fourth-order valence-corrected chi connectivity index (χ4v) is 2.56. The molecule has 0 aliphatic heterocycles. The molecular weight excluding hydrogens is 360 g/mol. The number of aromatic nitrogens is 2. The van der Waals surface area contributed by atoms with Gasteiger partial charge >= 0.3 is 5.97 Å². The van der Waals surface area contributed by atoms with E-state index in [0.717, 1.165) is 5.56 Å². The Morgan fingerprint density at radius 3 is 2.64 bits per heavy atom. The highest BCUT2D eigenvalue weighted by molar-refractivity contribution is 5.89. The zero-order valence-corrected chi connectivity index (χ0v) is 15.5. The first kappa shape index (κ1) is 19.0. The van der Waals surface area contributed by atoms with Crippen LogP contribution in [0.2, 0.25) is 0 Å². The summed E-state index contributed by atoms with van der Waals surface area (Å²) in [5.41, 5.74) is 1.81. The number of nitrogens with zero attached hydrogens (tertiary/aromatic N) is 2. The summed E-state index contributed by atoms with van der Waals surface area (Å²) in [5.74, 6) is 1.32. The van der Waals surface area contributed by atoms with Crippen molar-refractivity contribution in [3.8, 4) is 11.5 Å². The summed E-state index contributed by atoms with van der Waals surface area (Å²) < 4.78 is 10.5. The molecule has 0 saturated carbocycles. The van der Waals surface area contributed by atoms with Crippen molar-refractivity contribution in [2.24, 2.45) is 0 Å². The van der Waals surface area contributed by atoms with Gasteiger partial charge in [-0.05, 0) is 42.0 Å². The van der Waals surface area contributed by atoms with E-state index in [1.807, 2.05) is 18.2 Å². The third-order valence-electron chi connectivity index (χ3n) is 3.94. The fourth-order valence-electron chi connectivity index (χ4n) is 2.56. The Morgan fingerprint density at radius 1 is 1.07 bits per heavy atom. The molecule has 0 fully saturated rings. The monoisotopic (exact) mass is 380 g/mol. The third kappa shape index (κ3) is 4.67. The van der Waals surface area contributed by atoms with Crippen LogP contribution in [-0.2, 0) is 6.54 Å². The van der Waals surface area contributed by atoms with Gasteiger partial charge in [-0.3, -0.25) is 0 Å². The zero-order chi connectivity index (χ0) is 19.9. The lowest BCUT2D eigenvalue weighted by Gasteiger charge is -2.11. The number of carbonyl (C=O) groups is 1. The van der Waals surface area contributed by atoms with Gasteiger partial charge in [0.05, 0.1) is 19.8 Å². The zero-order valence-electron chi connectivity index (χ0n) is 15.5. The lowest BCUT2D eigenvalue weighted by atomic mass is 10.2. The molecule has 144 valence electrons. The maximum Gasteiger partial charge on any atom is 0.335 e. The number of rotatable bonds is 8. The van der Waals surface area contributed by atoms with Crippen LogP contribution in [0.25, 0.3) is 0 Å². The summed E-state index contributed by atoms with van der Waals surface area (Å²) in [7, 11) is 3.18. The Hall–Kier alpha value is -3.81. The first-order valence-corrected chi connectivity index (χ1v) is 8.47. The molecule has 0 bridgehead atoms. The van der Waals surface area contributed by atoms with Gasteiger partial charge in [-0.15, -0.1) is 0 Å². The normalized spacial score (nSPS) is 10.2. The van der Waals surface area contributed by atoms with Crippen molar-refractivity contribution in [3.05, 3.63) is 65.9 Å². The SMILES string of the molecule is COc1ccc(CNc2nccc(Nc3cccc(C(=O)O)c3)n2)cc1OC. The molecule has 3 aromatic rings. The number of anilines is 3. The Bertz CT molecular complexity index is 978. The van der Waals surface area contributed by atoms with Gasteiger partial charge in [-0.25, -0.2) is 9.78 Å². The molecule has 1 heterocycles. The minimum absolute atomic E-state index is 0.200. The van der Waals surface area contributed by atoms with Gasteiger partial charge < -0.3 is 25.2 Å². The molecule has 3 N–H and O–H groups in total. The Balaban J connectivity index is 1.68. The molecule has 0 aliphatic carbocycles. The molecule has 0 amide bonds. The maximum absolute atomic E-state index is 11.1. The van der Waals surface area contributed by atoms with Crippen LogP contribution in [0, 0.1) is 0 Å². The summed E-state index contributed by atoms with van der Waals surface area (Å²) in [4.78, 5) is 19.7. The summed E-state index contributed by atoms with van der Waals surface area (Å²) in [6, 6.07) is 13.9. The van der Waals surface area contributed by atoms with E-state index in [2.05, 4.69) is 20.6 Å². The van der Waals surface area contributed by atoms with Crippen LogP contribution < -0.4 is 20.1 Å². The van der Waals surface area contributed by atoms with Crippen molar-refractivity contribution >= 4 is 23.4 Å². The van der Waals surface area contributed by atoms with Crippen LogP contribution >= 0.6 is 0 Å². The number of methoxy groups -OCH3 is 2. The van der Waals surface area contributed by atoms with E-state index in [1.54, 1.807) is 44.7 Å². The minimum Gasteiger partial charge on any atom is -0.493 e. The molecule has 3 rings (SSSR count). The van der Waals surface area contributed by atoms with Crippen LogP contribution in [0.15, 0.2) is 54.7 Å². The van der Waals surface area contributed by atoms with E-state index >= 15 is 0 Å². The predicted molar refractivity (Wildman–Crippen MR) is 106 cm³/mol. The lowest BCUT2D eigenvalue weighted by molar-refractivity contribution is 0.0697. The summed E-state index contributed by atoms with van der Waals surface area (Å²) in [6.45, 7) is 0.498. The highest BCUT2D eigenvalue weighted by atomic mass is 16.5. The molecule has 0 atom stereocenters. The second-order valence-corrected chi connectivity index (χ2v) is 5.82. The number of aromatic carboxylic acids is 1. The molecule has 0 aliphatic rings. The summed E-state index contributed by atoms with van der Waals surface area (Å²) in [5, 5.41) is 15.3. The number of carboxylic acids is 1. The average Bonchev–Trinajstić information content (AvgIpc) is 2.72. The van der Waals surface area contributed by atoms with Gasteiger partial charge in [0.25, 0.3) is 0 Å². The average molecular weight is 380 g/mol. The second-order valence-electron chi connectivity index (χ2n) is 5.82. The van der Waals surface area contributed by atoms with Gasteiger partial charge in [-0.2, -0.15) is 4.98 Å². The minimum atomic E-state index is -0.983. The first-order chi connectivity index (χ1) is 13.6. The van der Waals surface area contributed by atoms with E-state index < -0.39 is 5.97 Å². The lowest BCUT2D eigenvalue weighted by Crippen LogP contribution is -2.05. The van der Waals surface area contributed by atoms with Crippen molar-refractivity contribution in [2.75, 3.05) is 24.9 Å². The van der Waals surface area contributed by atoms with E-state index in [0.29, 0.717) is 35.5 Å². The molecule has 1 aromatic heterocycles. The molecule has 0 unspecified atom stereocenters. The number of ether oxygens (including phenoxy) is 2. The predicted octanol–water partition coefficient (Wildman–Crippen LogP) is 3.55. The quantitative estimate of drug-likeness (QED) is 0.545.